The summed E-state index contributed by atoms with van der Waals surface area (Å²) in [5.74, 6) is -1.71. The van der Waals surface area contributed by atoms with Gasteiger partial charge in [-0.3, -0.25) is 4.79 Å². The maximum Gasteiger partial charge on any atom is 0.217 e. The summed E-state index contributed by atoms with van der Waals surface area (Å²) in [6, 6.07) is 10.8. The molecular formula is C27H30F2N4O2S. The molecular weight excluding hydrogens is 482 g/mol. The third-order valence-electron chi connectivity index (χ3n) is 6.38. The van der Waals surface area contributed by atoms with E-state index in [9.17, 15) is 18.7 Å². The number of rotatable bonds is 9. The summed E-state index contributed by atoms with van der Waals surface area (Å²) in [5, 5.41) is 17.8. The van der Waals surface area contributed by atoms with Crippen molar-refractivity contribution in [3.8, 4) is 11.3 Å². The number of aliphatic hydroxyl groups excluding tert-OH is 1. The second-order valence-corrected chi connectivity index (χ2v) is 9.82. The van der Waals surface area contributed by atoms with Crippen LogP contribution in [0.1, 0.15) is 42.5 Å². The highest BCUT2D eigenvalue weighted by Crippen LogP contribution is 2.33. The number of amides is 1. The number of nitrogens with one attached hydrogen (secondary N) is 2. The van der Waals surface area contributed by atoms with Crippen LogP contribution >= 0.6 is 11.8 Å². The molecule has 3 N–H and O–H groups in total. The summed E-state index contributed by atoms with van der Waals surface area (Å²) in [6.07, 6.45) is 5.75. The average molecular weight is 513 g/mol. The molecule has 0 unspecified atom stereocenters. The average Bonchev–Trinajstić information content (AvgIpc) is 2.85. The number of carbonyl (C=O) groups excluding carboxylic acids is 1. The van der Waals surface area contributed by atoms with Gasteiger partial charge in [-0.15, -0.1) is 0 Å². The summed E-state index contributed by atoms with van der Waals surface area (Å²) >= 11 is 1.49. The number of carbonyl (C=O) groups is 1. The third kappa shape index (κ3) is 6.66. The Bertz CT molecular complexity index is 1210. The van der Waals surface area contributed by atoms with E-state index in [1.54, 1.807) is 6.20 Å². The Labute approximate surface area is 214 Å². The van der Waals surface area contributed by atoms with Crippen LogP contribution in [-0.2, 0) is 17.6 Å². The van der Waals surface area contributed by atoms with Crippen LogP contribution in [0.4, 0.5) is 8.78 Å². The highest BCUT2D eigenvalue weighted by atomic mass is 32.2. The van der Waals surface area contributed by atoms with E-state index in [2.05, 4.69) is 38.8 Å². The summed E-state index contributed by atoms with van der Waals surface area (Å²) in [5.41, 5.74) is 4.65. The van der Waals surface area contributed by atoms with Gasteiger partial charge in [0.2, 0.25) is 5.91 Å². The van der Waals surface area contributed by atoms with Gasteiger partial charge in [0.25, 0.3) is 0 Å². The smallest absolute Gasteiger partial charge is 0.217 e. The zero-order chi connectivity index (χ0) is 25.7. The molecule has 0 aliphatic heterocycles. The van der Waals surface area contributed by atoms with Crippen molar-refractivity contribution in [1.82, 2.24) is 20.6 Å². The number of aromatic nitrogens is 2. The van der Waals surface area contributed by atoms with Crippen LogP contribution in [0.15, 0.2) is 53.8 Å². The third-order valence-corrected chi connectivity index (χ3v) is 6.94. The number of hydrogen-bond donors (Lipinski definition) is 3. The van der Waals surface area contributed by atoms with Crippen LogP contribution in [0, 0.1) is 11.6 Å². The molecule has 4 rings (SSSR count). The van der Waals surface area contributed by atoms with Gasteiger partial charge in [0.05, 0.1) is 17.8 Å². The minimum atomic E-state index is -0.959. The predicted molar refractivity (Wildman–Crippen MR) is 137 cm³/mol. The number of fused-ring (bicyclic) bond motifs is 1. The molecule has 1 aliphatic rings. The van der Waals surface area contributed by atoms with Crippen LogP contribution in [0.2, 0.25) is 0 Å². The lowest BCUT2D eigenvalue weighted by Crippen LogP contribution is -2.48. The van der Waals surface area contributed by atoms with Gasteiger partial charge in [-0.2, -0.15) is 0 Å². The molecule has 1 aromatic heterocycles. The molecule has 1 heterocycles. The number of thioether (sulfide) groups is 1. The highest BCUT2D eigenvalue weighted by Gasteiger charge is 2.25. The molecule has 0 saturated heterocycles. The second-order valence-electron chi connectivity index (χ2n) is 9.05. The van der Waals surface area contributed by atoms with Gasteiger partial charge in [-0.1, -0.05) is 23.9 Å². The first-order valence-corrected chi connectivity index (χ1v) is 13.2. The van der Waals surface area contributed by atoms with Crippen molar-refractivity contribution in [2.75, 3.05) is 12.8 Å². The number of aryl methyl sites for hydroxylation is 1. The lowest BCUT2D eigenvalue weighted by molar-refractivity contribution is -0.120. The Morgan fingerprint density at radius 1 is 1.19 bits per heavy atom. The van der Waals surface area contributed by atoms with Gasteiger partial charge >= 0.3 is 0 Å². The number of nitrogens with zero attached hydrogens (tertiary/aromatic N) is 2. The summed E-state index contributed by atoms with van der Waals surface area (Å²) < 4.78 is 27.3. The molecule has 0 bridgehead atoms. The fraction of sp³-hybridized carbons (Fsp3) is 0.370. The van der Waals surface area contributed by atoms with E-state index < -0.39 is 23.8 Å². The molecule has 2 aromatic carbocycles. The SMILES string of the molecule is CSc1nccc(-c2ccc3c(c2)[C@@H](NC[C@@H](O)[C@H](Cc2cc(F)cc(F)c2)NC(C)=O)CCC3)n1. The van der Waals surface area contributed by atoms with Gasteiger partial charge in [-0.25, -0.2) is 18.7 Å². The van der Waals surface area contributed by atoms with Crippen molar-refractivity contribution < 1.29 is 18.7 Å². The van der Waals surface area contributed by atoms with Crippen LogP contribution in [0.5, 0.6) is 0 Å². The summed E-state index contributed by atoms with van der Waals surface area (Å²) in [6.45, 7) is 1.56. The predicted octanol–water partition coefficient (Wildman–Crippen LogP) is 4.22. The number of aliphatic hydroxyl groups is 1. The first kappa shape index (κ1) is 26.2. The minimum Gasteiger partial charge on any atom is -0.390 e. The fourth-order valence-electron chi connectivity index (χ4n) is 4.70. The molecule has 0 saturated carbocycles. The molecule has 3 atom stereocenters. The van der Waals surface area contributed by atoms with Gasteiger partial charge in [0, 0.05) is 37.3 Å². The number of benzene rings is 2. The molecule has 0 spiro atoms. The zero-order valence-corrected chi connectivity index (χ0v) is 21.1. The van der Waals surface area contributed by atoms with Crippen molar-refractivity contribution >= 4 is 17.7 Å². The molecule has 1 amide bonds. The van der Waals surface area contributed by atoms with Crippen LogP contribution in [-0.4, -0.2) is 45.9 Å². The van der Waals surface area contributed by atoms with Gasteiger partial charge in [0.15, 0.2) is 5.16 Å². The lowest BCUT2D eigenvalue weighted by atomic mass is 9.86. The Balaban J connectivity index is 1.49. The van der Waals surface area contributed by atoms with Crippen LogP contribution in [0.25, 0.3) is 11.3 Å². The Hall–Kier alpha value is -2.88. The largest absolute Gasteiger partial charge is 0.390 e. The van der Waals surface area contributed by atoms with Crippen molar-refractivity contribution in [2.24, 2.45) is 0 Å². The van der Waals surface area contributed by atoms with Gasteiger partial charge in [-0.05, 0) is 72.9 Å². The maximum atomic E-state index is 13.7. The van der Waals surface area contributed by atoms with Crippen LogP contribution < -0.4 is 10.6 Å². The standard InChI is InChI=1S/C27H30F2N4O2S/c1-16(34)32-25(12-17-10-20(28)14-21(29)11-17)26(35)15-31-24-5-3-4-18-6-7-19(13-22(18)24)23-8-9-30-27(33-23)36-2/h6-11,13-14,24-26,31,35H,3-5,12,15H2,1-2H3,(H,32,34)/t24-,25-,26+/m0/s1. The Morgan fingerprint density at radius 2 is 1.97 bits per heavy atom. The van der Waals surface area contributed by atoms with E-state index in [0.717, 1.165) is 36.6 Å². The van der Waals surface area contributed by atoms with Crippen molar-refractivity contribution in [3.05, 3.63) is 77.0 Å². The fourth-order valence-corrected chi connectivity index (χ4v) is 5.06. The molecule has 1 aliphatic carbocycles. The molecule has 6 nitrogen and oxygen atoms in total. The zero-order valence-electron chi connectivity index (χ0n) is 20.3. The Morgan fingerprint density at radius 3 is 2.69 bits per heavy atom. The maximum absolute atomic E-state index is 13.7. The normalized spacial score (nSPS) is 16.8. The Kier molecular flexibility index (Phi) is 8.66. The highest BCUT2D eigenvalue weighted by molar-refractivity contribution is 7.98. The van der Waals surface area contributed by atoms with Crippen molar-refractivity contribution in [1.29, 1.82) is 0 Å². The molecule has 9 heteroatoms. The molecule has 36 heavy (non-hydrogen) atoms. The van der Waals surface area contributed by atoms with E-state index in [1.807, 2.05) is 12.3 Å². The molecule has 190 valence electrons. The topological polar surface area (TPSA) is 87.1 Å². The number of halogens is 2. The van der Waals surface area contributed by atoms with Gasteiger partial charge < -0.3 is 15.7 Å². The summed E-state index contributed by atoms with van der Waals surface area (Å²) in [4.78, 5) is 20.6. The molecule has 0 fully saturated rings. The number of hydrogen-bond acceptors (Lipinski definition) is 6. The lowest BCUT2D eigenvalue weighted by Gasteiger charge is -2.30. The minimum absolute atomic E-state index is 0.0230. The van der Waals surface area contributed by atoms with E-state index in [0.29, 0.717) is 10.7 Å². The summed E-state index contributed by atoms with van der Waals surface area (Å²) in [7, 11) is 0. The molecule has 3 aromatic rings. The first-order chi connectivity index (χ1) is 17.3. The first-order valence-electron chi connectivity index (χ1n) is 12.0. The van der Waals surface area contributed by atoms with E-state index in [1.165, 1.54) is 41.9 Å². The molecule has 0 radical (unpaired) electrons. The van der Waals surface area contributed by atoms with E-state index in [-0.39, 0.29) is 24.9 Å². The quantitative estimate of drug-likeness (QED) is 0.294. The van der Waals surface area contributed by atoms with Crippen LogP contribution in [0.3, 0.4) is 0 Å². The van der Waals surface area contributed by atoms with Gasteiger partial charge in [0.1, 0.15) is 11.6 Å². The monoisotopic (exact) mass is 512 g/mol. The van der Waals surface area contributed by atoms with Crippen molar-refractivity contribution in [3.63, 3.8) is 0 Å². The second kappa shape index (κ2) is 11.9. The van der Waals surface area contributed by atoms with E-state index in [4.69, 9.17) is 0 Å². The van der Waals surface area contributed by atoms with E-state index >= 15 is 0 Å². The van der Waals surface area contributed by atoms with Crippen molar-refractivity contribution in [2.45, 2.75) is 56.0 Å².